The lowest BCUT2D eigenvalue weighted by atomic mass is 10.2. The highest BCUT2D eigenvalue weighted by Crippen LogP contribution is 2.17. The van der Waals surface area contributed by atoms with Gasteiger partial charge in [-0.1, -0.05) is 0 Å². The number of aromatic nitrogens is 2. The molecule has 0 bridgehead atoms. The van der Waals surface area contributed by atoms with Crippen LogP contribution in [0, 0.1) is 11.3 Å². The first-order valence-corrected chi connectivity index (χ1v) is 4.83. The molecule has 1 atom stereocenters. The summed E-state index contributed by atoms with van der Waals surface area (Å²) in [5, 5.41) is 19.3. The van der Waals surface area contributed by atoms with Crippen LogP contribution in [0.25, 0.3) is 0 Å². The fraction of sp³-hybridized carbons (Fsp3) is 0.182. The zero-order chi connectivity index (χ0) is 11.4. The van der Waals surface area contributed by atoms with Crippen molar-refractivity contribution in [2.45, 2.75) is 13.0 Å². The van der Waals surface area contributed by atoms with Gasteiger partial charge < -0.3 is 9.73 Å². The van der Waals surface area contributed by atoms with E-state index in [9.17, 15) is 0 Å². The molecular weight excluding hydrogens is 204 g/mol. The Morgan fingerprint density at radius 1 is 1.38 bits per heavy atom. The van der Waals surface area contributed by atoms with Crippen LogP contribution in [0.4, 0.5) is 5.82 Å². The Balaban J connectivity index is 2.07. The van der Waals surface area contributed by atoms with Gasteiger partial charge in [0.25, 0.3) is 0 Å². The Kier molecular flexibility index (Phi) is 2.83. The first-order chi connectivity index (χ1) is 7.79. The minimum absolute atomic E-state index is 0.0113. The SMILES string of the molecule is CC(Nc1ccc(C#N)nn1)c1ccco1. The number of hydrogen-bond donors (Lipinski definition) is 1. The summed E-state index contributed by atoms with van der Waals surface area (Å²) in [4.78, 5) is 0. The van der Waals surface area contributed by atoms with E-state index in [1.165, 1.54) is 0 Å². The van der Waals surface area contributed by atoms with Crippen LogP contribution >= 0.6 is 0 Å². The Bertz CT molecular complexity index is 484. The predicted molar refractivity (Wildman–Crippen MR) is 57.5 cm³/mol. The molecule has 0 spiro atoms. The van der Waals surface area contributed by atoms with Crippen LogP contribution in [-0.4, -0.2) is 10.2 Å². The third-order valence-electron chi connectivity index (χ3n) is 2.11. The Morgan fingerprint density at radius 3 is 2.81 bits per heavy atom. The number of anilines is 1. The van der Waals surface area contributed by atoms with Crippen LogP contribution in [0.5, 0.6) is 0 Å². The summed E-state index contributed by atoms with van der Waals surface area (Å²) in [6.45, 7) is 1.96. The predicted octanol–water partition coefficient (Wildman–Crippen LogP) is 2.11. The van der Waals surface area contributed by atoms with Gasteiger partial charge in [-0.25, -0.2) is 0 Å². The van der Waals surface area contributed by atoms with E-state index in [1.54, 1.807) is 18.4 Å². The van der Waals surface area contributed by atoms with Crippen molar-refractivity contribution < 1.29 is 4.42 Å². The highest BCUT2D eigenvalue weighted by Gasteiger charge is 2.08. The monoisotopic (exact) mass is 214 g/mol. The summed E-state index contributed by atoms with van der Waals surface area (Å²) >= 11 is 0. The van der Waals surface area contributed by atoms with Crippen molar-refractivity contribution in [3.63, 3.8) is 0 Å². The normalized spacial score (nSPS) is 11.8. The third kappa shape index (κ3) is 2.17. The molecule has 5 heteroatoms. The number of nitriles is 1. The summed E-state index contributed by atoms with van der Waals surface area (Å²) in [7, 11) is 0. The van der Waals surface area contributed by atoms with Gasteiger partial charge >= 0.3 is 0 Å². The topological polar surface area (TPSA) is 74.7 Å². The van der Waals surface area contributed by atoms with E-state index >= 15 is 0 Å². The van der Waals surface area contributed by atoms with Crippen molar-refractivity contribution in [2.24, 2.45) is 0 Å². The maximum atomic E-state index is 8.57. The number of nitrogens with one attached hydrogen (secondary N) is 1. The minimum Gasteiger partial charge on any atom is -0.467 e. The largest absolute Gasteiger partial charge is 0.467 e. The Hall–Kier alpha value is -2.35. The number of rotatable bonds is 3. The number of furan rings is 1. The molecule has 0 aromatic carbocycles. The molecule has 2 aromatic heterocycles. The van der Waals surface area contributed by atoms with Crippen molar-refractivity contribution >= 4 is 5.82 Å². The maximum absolute atomic E-state index is 8.57. The lowest BCUT2D eigenvalue weighted by Gasteiger charge is -2.10. The molecule has 16 heavy (non-hydrogen) atoms. The molecular formula is C11H10N4O. The van der Waals surface area contributed by atoms with Gasteiger partial charge in [-0.2, -0.15) is 5.26 Å². The molecule has 80 valence electrons. The summed E-state index contributed by atoms with van der Waals surface area (Å²) < 4.78 is 5.25. The molecule has 0 saturated carbocycles. The quantitative estimate of drug-likeness (QED) is 0.846. The van der Waals surface area contributed by atoms with Crippen LogP contribution in [0.15, 0.2) is 34.9 Å². The molecule has 0 aliphatic rings. The van der Waals surface area contributed by atoms with Crippen molar-refractivity contribution in [1.29, 1.82) is 5.26 Å². The fourth-order valence-electron chi connectivity index (χ4n) is 1.30. The summed E-state index contributed by atoms with van der Waals surface area (Å²) in [5.41, 5.74) is 0.302. The molecule has 2 heterocycles. The average Bonchev–Trinajstić information content (AvgIpc) is 2.83. The molecule has 0 amide bonds. The van der Waals surface area contributed by atoms with E-state index in [4.69, 9.17) is 9.68 Å². The van der Waals surface area contributed by atoms with E-state index in [1.807, 2.05) is 25.1 Å². The van der Waals surface area contributed by atoms with E-state index in [0.717, 1.165) is 5.76 Å². The third-order valence-corrected chi connectivity index (χ3v) is 2.11. The van der Waals surface area contributed by atoms with Gasteiger partial charge in [0.05, 0.1) is 12.3 Å². The molecule has 0 radical (unpaired) electrons. The van der Waals surface area contributed by atoms with E-state index in [2.05, 4.69) is 15.5 Å². The van der Waals surface area contributed by atoms with Crippen molar-refractivity contribution in [2.75, 3.05) is 5.32 Å². The second-order valence-electron chi connectivity index (χ2n) is 3.30. The molecule has 2 rings (SSSR count). The zero-order valence-electron chi connectivity index (χ0n) is 8.71. The average molecular weight is 214 g/mol. The second-order valence-corrected chi connectivity index (χ2v) is 3.30. The van der Waals surface area contributed by atoms with Gasteiger partial charge in [-0.05, 0) is 31.2 Å². The van der Waals surface area contributed by atoms with Crippen LogP contribution in [0.2, 0.25) is 0 Å². The van der Waals surface area contributed by atoms with Crippen molar-refractivity contribution in [3.05, 3.63) is 42.0 Å². The highest BCUT2D eigenvalue weighted by molar-refractivity contribution is 5.37. The van der Waals surface area contributed by atoms with Gasteiger partial charge in [0.15, 0.2) is 5.69 Å². The van der Waals surface area contributed by atoms with Gasteiger partial charge in [0, 0.05) is 0 Å². The van der Waals surface area contributed by atoms with Gasteiger partial charge in [0.2, 0.25) is 0 Å². The molecule has 1 N–H and O–H groups in total. The minimum atomic E-state index is 0.0113. The standard InChI is InChI=1S/C11H10N4O/c1-8(10-3-2-6-16-10)13-11-5-4-9(7-12)14-15-11/h2-6,8H,1H3,(H,13,15). The first-order valence-electron chi connectivity index (χ1n) is 4.83. The molecule has 0 aliphatic heterocycles. The summed E-state index contributed by atoms with van der Waals surface area (Å²) in [6.07, 6.45) is 1.62. The molecule has 2 aromatic rings. The number of hydrogen-bond acceptors (Lipinski definition) is 5. The number of nitrogens with zero attached hydrogens (tertiary/aromatic N) is 3. The molecule has 0 aliphatic carbocycles. The van der Waals surface area contributed by atoms with Gasteiger partial charge in [0.1, 0.15) is 17.6 Å². The molecule has 5 nitrogen and oxygen atoms in total. The van der Waals surface area contributed by atoms with Crippen LogP contribution in [0.1, 0.15) is 24.4 Å². The summed E-state index contributed by atoms with van der Waals surface area (Å²) in [6, 6.07) is 8.97. The van der Waals surface area contributed by atoms with E-state index < -0.39 is 0 Å². The Labute approximate surface area is 92.7 Å². The van der Waals surface area contributed by atoms with Crippen LogP contribution in [0.3, 0.4) is 0 Å². The summed E-state index contributed by atoms with van der Waals surface area (Å²) in [5.74, 6) is 1.44. The lowest BCUT2D eigenvalue weighted by Crippen LogP contribution is -2.07. The van der Waals surface area contributed by atoms with Gasteiger partial charge in [-0.3, -0.25) is 0 Å². The molecule has 0 fully saturated rings. The zero-order valence-corrected chi connectivity index (χ0v) is 8.71. The van der Waals surface area contributed by atoms with Crippen molar-refractivity contribution in [1.82, 2.24) is 10.2 Å². The van der Waals surface area contributed by atoms with E-state index in [0.29, 0.717) is 11.5 Å². The van der Waals surface area contributed by atoms with Crippen LogP contribution in [-0.2, 0) is 0 Å². The molecule has 0 saturated heterocycles. The van der Waals surface area contributed by atoms with Gasteiger partial charge in [-0.15, -0.1) is 10.2 Å². The fourth-order valence-corrected chi connectivity index (χ4v) is 1.30. The van der Waals surface area contributed by atoms with E-state index in [-0.39, 0.29) is 6.04 Å². The maximum Gasteiger partial charge on any atom is 0.163 e. The smallest absolute Gasteiger partial charge is 0.163 e. The first kappa shape index (κ1) is 10.2. The van der Waals surface area contributed by atoms with Crippen molar-refractivity contribution in [3.8, 4) is 6.07 Å². The van der Waals surface area contributed by atoms with Crippen LogP contribution < -0.4 is 5.32 Å². The highest BCUT2D eigenvalue weighted by atomic mass is 16.3. The second kappa shape index (κ2) is 4.45. The molecule has 1 unspecified atom stereocenters. The Morgan fingerprint density at radius 2 is 2.25 bits per heavy atom. The lowest BCUT2D eigenvalue weighted by molar-refractivity contribution is 0.490.